The number of carbonyl (C=O) groups excluding carboxylic acids is 1. The molecule has 0 spiro atoms. The van der Waals surface area contributed by atoms with Crippen LogP contribution in [0.1, 0.15) is 16.1 Å². The first-order valence-corrected chi connectivity index (χ1v) is 10.9. The van der Waals surface area contributed by atoms with Gasteiger partial charge in [-0.1, -0.05) is 66.7 Å². The second kappa shape index (κ2) is 9.10. The summed E-state index contributed by atoms with van der Waals surface area (Å²) in [5.74, 6) is -0.224. The fraction of sp³-hybridized carbons (Fsp3) is 0.0385. The van der Waals surface area contributed by atoms with Crippen LogP contribution in [-0.4, -0.2) is 25.2 Å². The van der Waals surface area contributed by atoms with Crippen molar-refractivity contribution in [1.82, 2.24) is 24.6 Å². The molecule has 1 amide bonds. The molecule has 0 aliphatic heterocycles. The molecule has 0 unspecified atom stereocenters. The van der Waals surface area contributed by atoms with Crippen LogP contribution in [0.5, 0.6) is 0 Å². The summed E-state index contributed by atoms with van der Waals surface area (Å²) < 4.78 is 4.04. The molecule has 0 atom stereocenters. The fourth-order valence-electron chi connectivity index (χ4n) is 3.73. The number of amides is 1. The number of aromatic amines is 1. The number of hydrogen-bond acceptors (Lipinski definition) is 3. The Kier molecular flexibility index (Phi) is 5.70. The van der Waals surface area contributed by atoms with E-state index in [-0.39, 0.29) is 5.91 Å². The van der Waals surface area contributed by atoms with Gasteiger partial charge in [0.2, 0.25) is 0 Å². The van der Waals surface area contributed by atoms with E-state index in [4.69, 9.17) is 17.3 Å². The number of nitrogens with one attached hydrogen (secondary N) is 2. The van der Waals surface area contributed by atoms with E-state index in [2.05, 4.69) is 10.3 Å². The summed E-state index contributed by atoms with van der Waals surface area (Å²) in [7, 11) is 0. The van der Waals surface area contributed by atoms with E-state index >= 15 is 0 Å². The van der Waals surface area contributed by atoms with E-state index in [1.165, 1.54) is 0 Å². The van der Waals surface area contributed by atoms with Gasteiger partial charge in [0.15, 0.2) is 4.77 Å². The van der Waals surface area contributed by atoms with Gasteiger partial charge in [-0.05, 0) is 36.5 Å². The molecule has 7 heteroatoms. The van der Waals surface area contributed by atoms with Gasteiger partial charge in [0.25, 0.3) is 5.91 Å². The molecule has 2 N–H and O–H groups in total. The van der Waals surface area contributed by atoms with Gasteiger partial charge in [0.05, 0.1) is 11.4 Å². The van der Waals surface area contributed by atoms with Gasteiger partial charge >= 0.3 is 0 Å². The molecule has 3 aromatic carbocycles. The van der Waals surface area contributed by atoms with E-state index < -0.39 is 0 Å². The van der Waals surface area contributed by atoms with Crippen LogP contribution >= 0.6 is 12.2 Å². The standard InChI is InChI=1S/C26H21N5OS/c32-25(23-17-28-26(33)31(23)22-14-8-3-9-15-22)27-16-20-18-30(21-12-6-2-7-13-21)29-24(20)19-10-4-1-5-11-19/h1-15,17-18H,16H2,(H,27,32)(H,28,33). The molecular weight excluding hydrogens is 430 g/mol. The van der Waals surface area contributed by atoms with E-state index in [0.29, 0.717) is 17.0 Å². The largest absolute Gasteiger partial charge is 0.346 e. The molecule has 5 rings (SSSR count). The first-order chi connectivity index (χ1) is 16.2. The zero-order valence-corrected chi connectivity index (χ0v) is 18.5. The molecule has 0 aliphatic carbocycles. The van der Waals surface area contributed by atoms with Crippen LogP contribution in [0.15, 0.2) is 103 Å². The van der Waals surface area contributed by atoms with Crippen LogP contribution in [0.4, 0.5) is 0 Å². The molecule has 0 bridgehead atoms. The summed E-state index contributed by atoms with van der Waals surface area (Å²) in [5.41, 5.74) is 4.96. The number of H-pyrrole nitrogens is 1. The van der Waals surface area contributed by atoms with E-state index in [9.17, 15) is 4.79 Å². The van der Waals surface area contributed by atoms with Crippen molar-refractivity contribution >= 4 is 18.1 Å². The molecular formula is C26H21N5OS. The third-order valence-electron chi connectivity index (χ3n) is 5.32. The molecule has 33 heavy (non-hydrogen) atoms. The third kappa shape index (κ3) is 4.26. The van der Waals surface area contributed by atoms with Crippen molar-refractivity contribution in [2.75, 3.05) is 0 Å². The lowest BCUT2D eigenvalue weighted by atomic mass is 10.1. The second-order valence-electron chi connectivity index (χ2n) is 7.48. The van der Waals surface area contributed by atoms with Crippen LogP contribution in [0, 0.1) is 4.77 Å². The fourth-order valence-corrected chi connectivity index (χ4v) is 3.99. The van der Waals surface area contributed by atoms with Gasteiger partial charge in [0, 0.05) is 35.8 Å². The Labute approximate surface area is 196 Å². The first kappa shape index (κ1) is 20.7. The van der Waals surface area contributed by atoms with Crippen molar-refractivity contribution in [3.63, 3.8) is 0 Å². The number of rotatable bonds is 6. The predicted octanol–water partition coefficient (Wildman–Crippen LogP) is 5.32. The molecule has 5 aromatic rings. The Balaban J connectivity index is 1.45. The quantitative estimate of drug-likeness (QED) is 0.344. The van der Waals surface area contributed by atoms with Crippen LogP contribution in [-0.2, 0) is 6.54 Å². The Bertz CT molecular complexity index is 1440. The van der Waals surface area contributed by atoms with E-state index in [1.54, 1.807) is 10.8 Å². The van der Waals surface area contributed by atoms with Crippen LogP contribution in [0.3, 0.4) is 0 Å². The minimum atomic E-state index is -0.224. The summed E-state index contributed by atoms with van der Waals surface area (Å²) >= 11 is 5.41. The highest BCUT2D eigenvalue weighted by Gasteiger charge is 2.17. The average Bonchev–Trinajstić information content (AvgIpc) is 3.48. The molecule has 2 aromatic heterocycles. The number of nitrogens with zero attached hydrogens (tertiary/aromatic N) is 3. The lowest BCUT2D eigenvalue weighted by Gasteiger charge is -2.09. The number of aromatic nitrogens is 4. The van der Waals surface area contributed by atoms with Crippen LogP contribution in [0.25, 0.3) is 22.6 Å². The molecule has 0 saturated heterocycles. The molecule has 6 nitrogen and oxygen atoms in total. The Hall–Kier alpha value is -4.23. The van der Waals surface area contributed by atoms with Crippen molar-refractivity contribution in [2.45, 2.75) is 6.54 Å². The minimum absolute atomic E-state index is 0.224. The van der Waals surface area contributed by atoms with Crippen molar-refractivity contribution in [3.8, 4) is 22.6 Å². The van der Waals surface area contributed by atoms with E-state index in [1.807, 2.05) is 102 Å². The lowest BCUT2D eigenvalue weighted by Crippen LogP contribution is -2.25. The highest BCUT2D eigenvalue weighted by atomic mass is 32.1. The third-order valence-corrected chi connectivity index (χ3v) is 5.62. The highest BCUT2D eigenvalue weighted by molar-refractivity contribution is 7.71. The van der Waals surface area contributed by atoms with Gasteiger partial charge < -0.3 is 10.3 Å². The zero-order valence-electron chi connectivity index (χ0n) is 17.7. The smallest absolute Gasteiger partial charge is 0.270 e. The SMILES string of the molecule is O=C(NCc1cn(-c2ccccc2)nc1-c1ccccc1)c1c[nH]c(=S)n1-c1ccccc1. The Morgan fingerprint density at radius 3 is 2.15 bits per heavy atom. The van der Waals surface area contributed by atoms with Gasteiger partial charge in [0.1, 0.15) is 5.69 Å². The van der Waals surface area contributed by atoms with E-state index in [0.717, 1.165) is 28.2 Å². The zero-order chi connectivity index (χ0) is 22.6. The predicted molar refractivity (Wildman–Crippen MR) is 131 cm³/mol. The topological polar surface area (TPSA) is 67.6 Å². The van der Waals surface area contributed by atoms with Crippen LogP contribution in [0.2, 0.25) is 0 Å². The molecule has 162 valence electrons. The van der Waals surface area contributed by atoms with Crippen molar-refractivity contribution in [1.29, 1.82) is 0 Å². The number of para-hydroxylation sites is 2. The molecule has 0 radical (unpaired) electrons. The average molecular weight is 452 g/mol. The minimum Gasteiger partial charge on any atom is -0.346 e. The molecule has 0 aliphatic rings. The normalized spacial score (nSPS) is 10.8. The molecule has 2 heterocycles. The summed E-state index contributed by atoms with van der Waals surface area (Å²) in [6.45, 7) is 0.322. The monoisotopic (exact) mass is 451 g/mol. The number of imidazole rings is 1. The first-order valence-electron chi connectivity index (χ1n) is 10.5. The van der Waals surface area contributed by atoms with Crippen molar-refractivity contribution < 1.29 is 4.79 Å². The maximum Gasteiger partial charge on any atom is 0.270 e. The summed E-state index contributed by atoms with van der Waals surface area (Å²) in [6, 6.07) is 29.5. The Morgan fingerprint density at radius 1 is 0.879 bits per heavy atom. The summed E-state index contributed by atoms with van der Waals surface area (Å²) in [6.07, 6.45) is 3.59. The van der Waals surface area contributed by atoms with Gasteiger partial charge in [-0.2, -0.15) is 5.10 Å². The maximum atomic E-state index is 13.1. The van der Waals surface area contributed by atoms with Crippen molar-refractivity contribution in [3.05, 3.63) is 119 Å². The van der Waals surface area contributed by atoms with Gasteiger partial charge in [-0.3, -0.25) is 9.36 Å². The number of benzene rings is 3. The molecule has 0 fully saturated rings. The second-order valence-corrected chi connectivity index (χ2v) is 7.87. The summed E-state index contributed by atoms with van der Waals surface area (Å²) in [5, 5.41) is 7.84. The van der Waals surface area contributed by atoms with Gasteiger partial charge in [-0.15, -0.1) is 0 Å². The molecule has 0 saturated carbocycles. The number of hydrogen-bond donors (Lipinski definition) is 2. The van der Waals surface area contributed by atoms with Crippen molar-refractivity contribution in [2.24, 2.45) is 0 Å². The lowest BCUT2D eigenvalue weighted by molar-refractivity contribution is 0.0944. The highest BCUT2D eigenvalue weighted by Crippen LogP contribution is 2.24. The maximum absolute atomic E-state index is 13.1. The summed E-state index contributed by atoms with van der Waals surface area (Å²) in [4.78, 5) is 16.1. The number of carbonyl (C=O) groups is 1. The Morgan fingerprint density at radius 2 is 1.48 bits per heavy atom. The van der Waals surface area contributed by atoms with Gasteiger partial charge in [-0.25, -0.2) is 4.68 Å². The van der Waals surface area contributed by atoms with Crippen LogP contribution < -0.4 is 5.32 Å².